The number of piperazine rings is 1. The summed E-state index contributed by atoms with van der Waals surface area (Å²) in [6, 6.07) is 9.83. The second-order valence-corrected chi connectivity index (χ2v) is 5.61. The second-order valence-electron chi connectivity index (χ2n) is 5.61. The Morgan fingerprint density at radius 2 is 1.71 bits per heavy atom. The van der Waals surface area contributed by atoms with Gasteiger partial charge in [-0.2, -0.15) is 0 Å². The molecule has 0 bridgehead atoms. The fourth-order valence-electron chi connectivity index (χ4n) is 2.99. The molecule has 0 radical (unpaired) electrons. The minimum Gasteiger partial charge on any atom is -0.480 e. The summed E-state index contributed by atoms with van der Waals surface area (Å²) in [6.45, 7) is 0.354. The highest BCUT2D eigenvalue weighted by atomic mass is 16.4. The van der Waals surface area contributed by atoms with E-state index in [1.807, 2.05) is 24.3 Å². The van der Waals surface area contributed by atoms with Crippen LogP contribution in [0.3, 0.4) is 0 Å². The van der Waals surface area contributed by atoms with E-state index in [0.717, 1.165) is 15.7 Å². The molecule has 1 heterocycles. The summed E-state index contributed by atoms with van der Waals surface area (Å²) in [5.74, 6) is -3.12. The van der Waals surface area contributed by atoms with E-state index in [1.54, 1.807) is 18.2 Å². The molecule has 24 heavy (non-hydrogen) atoms. The quantitative estimate of drug-likeness (QED) is 0.769. The molecule has 0 saturated carbocycles. The highest BCUT2D eigenvalue weighted by Crippen LogP contribution is 2.20. The number of hydrogen-bond acceptors (Lipinski definition) is 4. The van der Waals surface area contributed by atoms with E-state index in [0.29, 0.717) is 5.56 Å². The van der Waals surface area contributed by atoms with Crippen molar-refractivity contribution in [2.45, 2.75) is 12.1 Å². The third kappa shape index (κ3) is 2.81. The Kier molecular flexibility index (Phi) is 4.18. The minimum atomic E-state index is -1.45. The fourth-order valence-corrected chi connectivity index (χ4v) is 2.99. The number of carbonyl (C=O) groups excluding carboxylic acids is 1. The summed E-state index contributed by atoms with van der Waals surface area (Å²) in [5.41, 5.74) is 0.339. The first kappa shape index (κ1) is 15.9. The van der Waals surface area contributed by atoms with Crippen molar-refractivity contribution in [2.24, 2.45) is 0 Å². The molecule has 0 spiro atoms. The number of carbonyl (C=O) groups is 3. The van der Waals surface area contributed by atoms with Gasteiger partial charge in [-0.25, -0.2) is 4.79 Å². The van der Waals surface area contributed by atoms with Gasteiger partial charge in [0, 0.05) is 18.7 Å². The molecule has 3 N–H and O–H groups in total. The maximum Gasteiger partial charge on any atom is 0.328 e. The molecular weight excluding hydrogens is 312 g/mol. The second kappa shape index (κ2) is 6.29. The number of carboxylic acids is 2. The Bertz CT molecular complexity index is 819. The molecule has 0 aliphatic carbocycles. The van der Waals surface area contributed by atoms with Crippen LogP contribution in [0.2, 0.25) is 0 Å². The molecule has 0 aromatic heterocycles. The standard InChI is InChI=1S/C17H16N2O5/c20-15(12-6-5-10-3-1-2-4-11(10)9-12)19-8-7-18-13(16(21)22)14(19)17(23)24/h1-6,9,13-14,18H,7-8H2,(H,21,22)(H,23,24)/t13-,14+/m0/s1. The molecule has 7 heteroatoms. The van der Waals surface area contributed by atoms with Gasteiger partial charge in [-0.15, -0.1) is 0 Å². The Balaban J connectivity index is 1.96. The number of nitrogens with one attached hydrogen (secondary N) is 1. The summed E-state index contributed by atoms with van der Waals surface area (Å²) in [6.07, 6.45) is 0. The Hall–Kier alpha value is -2.93. The summed E-state index contributed by atoms with van der Waals surface area (Å²) in [7, 11) is 0. The van der Waals surface area contributed by atoms with E-state index in [1.165, 1.54) is 0 Å². The number of nitrogens with zero attached hydrogens (tertiary/aromatic N) is 1. The molecule has 2 aromatic carbocycles. The van der Waals surface area contributed by atoms with Crippen molar-refractivity contribution in [3.63, 3.8) is 0 Å². The average molecular weight is 328 g/mol. The third-order valence-corrected chi connectivity index (χ3v) is 4.14. The van der Waals surface area contributed by atoms with Gasteiger partial charge in [-0.3, -0.25) is 9.59 Å². The summed E-state index contributed by atoms with van der Waals surface area (Å²) < 4.78 is 0. The number of carboxylic acid groups (broad SMARTS) is 2. The van der Waals surface area contributed by atoms with Gasteiger partial charge in [-0.1, -0.05) is 30.3 Å². The van der Waals surface area contributed by atoms with Crippen LogP contribution in [-0.2, 0) is 9.59 Å². The Labute approximate surface area is 137 Å². The molecule has 1 saturated heterocycles. The van der Waals surface area contributed by atoms with Crippen LogP contribution >= 0.6 is 0 Å². The van der Waals surface area contributed by atoms with E-state index in [9.17, 15) is 24.6 Å². The van der Waals surface area contributed by atoms with Crippen molar-refractivity contribution in [2.75, 3.05) is 13.1 Å². The molecule has 0 unspecified atom stereocenters. The predicted octanol–water partition coefficient (Wildman–Crippen LogP) is 0.792. The van der Waals surface area contributed by atoms with Crippen molar-refractivity contribution >= 4 is 28.6 Å². The molecule has 3 rings (SSSR count). The highest BCUT2D eigenvalue weighted by Gasteiger charge is 2.43. The topological polar surface area (TPSA) is 107 Å². The molecule has 7 nitrogen and oxygen atoms in total. The molecular formula is C17H16N2O5. The number of benzene rings is 2. The zero-order valence-electron chi connectivity index (χ0n) is 12.7. The SMILES string of the molecule is O=C(O)[C@H]1NCCN(C(=O)c2ccc3ccccc3c2)[C@H]1C(=O)O. The lowest BCUT2D eigenvalue weighted by Gasteiger charge is -2.37. The smallest absolute Gasteiger partial charge is 0.328 e. The van der Waals surface area contributed by atoms with Gasteiger partial charge in [0.25, 0.3) is 5.91 Å². The van der Waals surface area contributed by atoms with Crippen molar-refractivity contribution in [1.82, 2.24) is 10.2 Å². The lowest BCUT2D eigenvalue weighted by atomic mass is 10.0. The van der Waals surface area contributed by atoms with Gasteiger partial charge in [0.1, 0.15) is 6.04 Å². The lowest BCUT2D eigenvalue weighted by Crippen LogP contribution is -2.65. The maximum absolute atomic E-state index is 12.8. The molecule has 1 aliphatic rings. The highest BCUT2D eigenvalue weighted by molar-refractivity contribution is 6.01. The van der Waals surface area contributed by atoms with Gasteiger partial charge < -0.3 is 20.4 Å². The Morgan fingerprint density at radius 3 is 2.38 bits per heavy atom. The fraction of sp³-hybridized carbons (Fsp3) is 0.235. The van der Waals surface area contributed by atoms with Crippen LogP contribution in [0, 0.1) is 0 Å². The molecule has 2 aromatic rings. The van der Waals surface area contributed by atoms with Crippen LogP contribution in [0.4, 0.5) is 0 Å². The van der Waals surface area contributed by atoms with Crippen LogP contribution in [0.1, 0.15) is 10.4 Å². The zero-order valence-corrected chi connectivity index (χ0v) is 12.7. The van der Waals surface area contributed by atoms with Gasteiger partial charge in [0.2, 0.25) is 0 Å². The Morgan fingerprint density at radius 1 is 1.00 bits per heavy atom. The van der Waals surface area contributed by atoms with E-state index in [2.05, 4.69) is 5.32 Å². The van der Waals surface area contributed by atoms with E-state index in [4.69, 9.17) is 0 Å². The van der Waals surface area contributed by atoms with Crippen molar-refractivity contribution in [3.8, 4) is 0 Å². The molecule has 124 valence electrons. The molecule has 1 amide bonds. The first-order valence-electron chi connectivity index (χ1n) is 7.48. The minimum absolute atomic E-state index is 0.131. The monoisotopic (exact) mass is 328 g/mol. The van der Waals surface area contributed by atoms with Crippen LogP contribution < -0.4 is 5.32 Å². The van der Waals surface area contributed by atoms with Gasteiger partial charge in [0.15, 0.2) is 6.04 Å². The average Bonchev–Trinajstić information content (AvgIpc) is 2.59. The van der Waals surface area contributed by atoms with Crippen LogP contribution in [0.25, 0.3) is 10.8 Å². The molecule has 2 atom stereocenters. The van der Waals surface area contributed by atoms with Crippen molar-refractivity contribution < 1.29 is 24.6 Å². The zero-order chi connectivity index (χ0) is 17.3. The number of rotatable bonds is 3. The first-order valence-corrected chi connectivity index (χ1v) is 7.48. The summed E-state index contributed by atoms with van der Waals surface area (Å²) in [5, 5.41) is 23.1. The molecule has 1 fully saturated rings. The summed E-state index contributed by atoms with van der Waals surface area (Å²) in [4.78, 5) is 36.7. The predicted molar refractivity (Wildman–Crippen MR) is 85.8 cm³/mol. The number of amides is 1. The van der Waals surface area contributed by atoms with Gasteiger partial charge in [-0.05, 0) is 22.9 Å². The van der Waals surface area contributed by atoms with Gasteiger partial charge in [0.05, 0.1) is 0 Å². The van der Waals surface area contributed by atoms with Gasteiger partial charge >= 0.3 is 11.9 Å². The number of hydrogen-bond donors (Lipinski definition) is 3. The van der Waals surface area contributed by atoms with E-state index < -0.39 is 29.9 Å². The van der Waals surface area contributed by atoms with Crippen molar-refractivity contribution in [1.29, 1.82) is 0 Å². The maximum atomic E-state index is 12.8. The third-order valence-electron chi connectivity index (χ3n) is 4.14. The number of aliphatic carboxylic acids is 2. The van der Waals surface area contributed by atoms with E-state index >= 15 is 0 Å². The number of fused-ring (bicyclic) bond motifs is 1. The van der Waals surface area contributed by atoms with Crippen LogP contribution in [-0.4, -0.2) is 58.1 Å². The van der Waals surface area contributed by atoms with Crippen LogP contribution in [0.15, 0.2) is 42.5 Å². The van der Waals surface area contributed by atoms with E-state index in [-0.39, 0.29) is 13.1 Å². The normalized spacial score (nSPS) is 20.8. The first-order chi connectivity index (χ1) is 11.5. The lowest BCUT2D eigenvalue weighted by molar-refractivity contribution is -0.152. The van der Waals surface area contributed by atoms with Crippen molar-refractivity contribution in [3.05, 3.63) is 48.0 Å². The summed E-state index contributed by atoms with van der Waals surface area (Å²) >= 11 is 0. The largest absolute Gasteiger partial charge is 0.480 e. The molecule has 1 aliphatic heterocycles. The van der Waals surface area contributed by atoms with Crippen LogP contribution in [0.5, 0.6) is 0 Å².